The minimum absolute atomic E-state index is 0.0969. The maximum Gasteiger partial charge on any atom is 0.248 e. The average molecular weight is 243 g/mol. The smallest absolute Gasteiger partial charge is 0.248 e. The van der Waals surface area contributed by atoms with E-state index in [4.69, 9.17) is 0 Å². The molecule has 0 aromatic carbocycles. The fraction of sp³-hybridized carbons (Fsp3) is 0.636. The van der Waals surface area contributed by atoms with E-state index in [1.807, 2.05) is 0 Å². The van der Waals surface area contributed by atoms with Crippen LogP contribution < -0.4 is 4.90 Å². The molecule has 6 heteroatoms. The van der Waals surface area contributed by atoms with Crippen molar-refractivity contribution < 1.29 is 13.6 Å². The number of hydrogen-bond donors (Lipinski definition) is 1. The summed E-state index contributed by atoms with van der Waals surface area (Å²) < 4.78 is 26.0. The summed E-state index contributed by atoms with van der Waals surface area (Å²) in [6.07, 6.45) is 3.47. The molecule has 0 radical (unpaired) electrons. The molecule has 1 aromatic rings. The SMILES string of the molecule is CN(C(=O)CC1CCC(F)(F)C1)c1cn[nH]c1. The average Bonchev–Trinajstić information content (AvgIpc) is 2.86. The van der Waals surface area contributed by atoms with E-state index in [1.54, 1.807) is 13.2 Å². The molecule has 2 rings (SSSR count). The van der Waals surface area contributed by atoms with Crippen LogP contribution in [-0.2, 0) is 4.79 Å². The lowest BCUT2D eigenvalue weighted by Crippen LogP contribution is -2.27. The zero-order valence-electron chi connectivity index (χ0n) is 9.62. The number of nitrogens with one attached hydrogen (secondary N) is 1. The summed E-state index contributed by atoms with van der Waals surface area (Å²) in [5.74, 6) is -2.93. The van der Waals surface area contributed by atoms with Crippen molar-refractivity contribution in [3.05, 3.63) is 12.4 Å². The molecule has 0 aliphatic heterocycles. The zero-order valence-corrected chi connectivity index (χ0v) is 9.62. The van der Waals surface area contributed by atoms with Gasteiger partial charge >= 0.3 is 0 Å². The molecule has 17 heavy (non-hydrogen) atoms. The molecule has 1 saturated carbocycles. The number of anilines is 1. The van der Waals surface area contributed by atoms with Gasteiger partial charge in [0.2, 0.25) is 11.8 Å². The van der Waals surface area contributed by atoms with Crippen molar-refractivity contribution in [1.29, 1.82) is 0 Å². The Labute approximate surface area is 98.0 Å². The molecule has 1 amide bonds. The molecular formula is C11H15F2N3O. The van der Waals surface area contributed by atoms with Crippen LogP contribution in [0.1, 0.15) is 25.7 Å². The van der Waals surface area contributed by atoms with Gasteiger partial charge in [0.25, 0.3) is 0 Å². The Kier molecular flexibility index (Phi) is 3.13. The highest BCUT2D eigenvalue weighted by Crippen LogP contribution is 2.40. The third-order valence-electron chi connectivity index (χ3n) is 3.21. The zero-order chi connectivity index (χ0) is 12.5. The summed E-state index contributed by atoms with van der Waals surface area (Å²) in [6.45, 7) is 0. The minimum atomic E-state index is -2.58. The first-order valence-corrected chi connectivity index (χ1v) is 5.61. The summed E-state index contributed by atoms with van der Waals surface area (Å²) >= 11 is 0. The molecule has 1 atom stereocenters. The number of carbonyl (C=O) groups is 1. The largest absolute Gasteiger partial charge is 0.313 e. The fourth-order valence-electron chi connectivity index (χ4n) is 2.17. The Morgan fingerprint density at radius 2 is 2.47 bits per heavy atom. The van der Waals surface area contributed by atoms with Crippen molar-refractivity contribution in [2.45, 2.75) is 31.6 Å². The number of amides is 1. The van der Waals surface area contributed by atoms with E-state index in [2.05, 4.69) is 10.2 Å². The molecule has 1 N–H and O–H groups in total. The maximum atomic E-state index is 13.0. The van der Waals surface area contributed by atoms with Crippen molar-refractivity contribution in [2.24, 2.45) is 5.92 Å². The van der Waals surface area contributed by atoms with Crippen molar-refractivity contribution in [1.82, 2.24) is 10.2 Å². The van der Waals surface area contributed by atoms with Crippen molar-refractivity contribution >= 4 is 11.6 Å². The van der Waals surface area contributed by atoms with Crippen LogP contribution in [0.3, 0.4) is 0 Å². The highest BCUT2D eigenvalue weighted by Gasteiger charge is 2.40. The monoisotopic (exact) mass is 243 g/mol. The van der Waals surface area contributed by atoms with Gasteiger partial charge in [0.05, 0.1) is 11.9 Å². The van der Waals surface area contributed by atoms with Gasteiger partial charge in [-0.25, -0.2) is 8.78 Å². The first kappa shape index (κ1) is 12.0. The summed E-state index contributed by atoms with van der Waals surface area (Å²) in [5.41, 5.74) is 0.653. The van der Waals surface area contributed by atoms with Gasteiger partial charge in [0.1, 0.15) is 0 Å². The third-order valence-corrected chi connectivity index (χ3v) is 3.21. The number of halogens is 2. The molecule has 94 valence electrons. The van der Waals surface area contributed by atoms with Gasteiger partial charge in [-0.3, -0.25) is 9.89 Å². The van der Waals surface area contributed by atoms with E-state index in [0.29, 0.717) is 12.1 Å². The van der Waals surface area contributed by atoms with E-state index >= 15 is 0 Å². The Morgan fingerprint density at radius 3 is 3.00 bits per heavy atom. The maximum absolute atomic E-state index is 13.0. The summed E-state index contributed by atoms with van der Waals surface area (Å²) in [6, 6.07) is 0. The molecule has 4 nitrogen and oxygen atoms in total. The van der Waals surface area contributed by atoms with Crippen LogP contribution in [0.15, 0.2) is 12.4 Å². The lowest BCUT2D eigenvalue weighted by atomic mass is 10.0. The van der Waals surface area contributed by atoms with Crippen LogP contribution in [0.5, 0.6) is 0 Å². The van der Waals surface area contributed by atoms with Gasteiger partial charge in [-0.15, -0.1) is 0 Å². The van der Waals surface area contributed by atoms with E-state index in [1.165, 1.54) is 11.1 Å². The first-order chi connectivity index (χ1) is 7.98. The van der Waals surface area contributed by atoms with Crippen molar-refractivity contribution in [3.8, 4) is 0 Å². The van der Waals surface area contributed by atoms with Crippen LogP contribution in [-0.4, -0.2) is 29.1 Å². The molecule has 1 heterocycles. The Bertz CT molecular complexity index is 391. The van der Waals surface area contributed by atoms with Gasteiger partial charge in [0.15, 0.2) is 0 Å². The Hall–Kier alpha value is -1.46. The third kappa shape index (κ3) is 2.81. The number of carbonyl (C=O) groups excluding carboxylic acids is 1. The number of rotatable bonds is 3. The molecule has 1 aromatic heterocycles. The van der Waals surface area contributed by atoms with Gasteiger partial charge in [-0.2, -0.15) is 5.10 Å². The highest BCUT2D eigenvalue weighted by atomic mass is 19.3. The topological polar surface area (TPSA) is 49.0 Å². The predicted octanol–water partition coefficient (Wildman–Crippen LogP) is 2.20. The number of aromatic amines is 1. The Morgan fingerprint density at radius 1 is 1.71 bits per heavy atom. The van der Waals surface area contributed by atoms with Gasteiger partial charge < -0.3 is 4.90 Å². The molecule has 1 fully saturated rings. The second-order valence-corrected chi connectivity index (χ2v) is 4.58. The van der Waals surface area contributed by atoms with Gasteiger partial charge in [0, 0.05) is 32.5 Å². The van der Waals surface area contributed by atoms with E-state index in [0.717, 1.165) is 0 Å². The van der Waals surface area contributed by atoms with Gasteiger partial charge in [-0.1, -0.05) is 0 Å². The first-order valence-electron chi connectivity index (χ1n) is 5.61. The number of aromatic nitrogens is 2. The molecule has 0 saturated heterocycles. The predicted molar refractivity (Wildman–Crippen MR) is 58.9 cm³/mol. The number of H-pyrrole nitrogens is 1. The summed E-state index contributed by atoms with van der Waals surface area (Å²) in [4.78, 5) is 13.3. The lowest BCUT2D eigenvalue weighted by Gasteiger charge is -2.17. The Balaban J connectivity index is 1.90. The number of nitrogens with zero attached hydrogens (tertiary/aromatic N) is 2. The molecule has 0 bridgehead atoms. The normalized spacial score (nSPS) is 22.6. The van der Waals surface area contributed by atoms with E-state index in [9.17, 15) is 13.6 Å². The number of alkyl halides is 2. The second-order valence-electron chi connectivity index (χ2n) is 4.58. The lowest BCUT2D eigenvalue weighted by molar-refractivity contribution is -0.119. The van der Waals surface area contributed by atoms with Crippen molar-refractivity contribution in [2.75, 3.05) is 11.9 Å². The van der Waals surface area contributed by atoms with Crippen LogP contribution in [0, 0.1) is 5.92 Å². The van der Waals surface area contributed by atoms with Gasteiger partial charge in [-0.05, 0) is 12.3 Å². The molecule has 0 spiro atoms. The number of hydrogen-bond acceptors (Lipinski definition) is 2. The fourth-order valence-corrected chi connectivity index (χ4v) is 2.17. The van der Waals surface area contributed by atoms with Crippen LogP contribution in [0.4, 0.5) is 14.5 Å². The highest BCUT2D eigenvalue weighted by molar-refractivity contribution is 5.92. The van der Waals surface area contributed by atoms with Crippen molar-refractivity contribution in [3.63, 3.8) is 0 Å². The quantitative estimate of drug-likeness (QED) is 0.884. The standard InChI is InChI=1S/C11H15F2N3O/c1-16(9-6-14-15-7-9)10(17)4-8-2-3-11(12,13)5-8/h6-8H,2-5H2,1H3,(H,14,15). The minimum Gasteiger partial charge on any atom is -0.313 e. The van der Waals surface area contributed by atoms with Crippen LogP contribution >= 0.6 is 0 Å². The van der Waals surface area contributed by atoms with E-state index in [-0.39, 0.29) is 31.1 Å². The second kappa shape index (κ2) is 4.43. The summed E-state index contributed by atoms with van der Waals surface area (Å²) in [5, 5.41) is 6.35. The molecule has 1 aliphatic carbocycles. The molecule has 1 aliphatic rings. The molecular weight excluding hydrogens is 228 g/mol. The van der Waals surface area contributed by atoms with Crippen LogP contribution in [0.2, 0.25) is 0 Å². The van der Waals surface area contributed by atoms with E-state index < -0.39 is 5.92 Å². The summed E-state index contributed by atoms with van der Waals surface area (Å²) in [7, 11) is 1.63. The molecule has 1 unspecified atom stereocenters. The van der Waals surface area contributed by atoms with Crippen LogP contribution in [0.25, 0.3) is 0 Å².